The van der Waals surface area contributed by atoms with E-state index in [0.717, 1.165) is 15.7 Å². The van der Waals surface area contributed by atoms with Crippen LogP contribution in [0.4, 0.5) is 5.69 Å². The lowest BCUT2D eigenvalue weighted by molar-refractivity contribution is 0.620. The summed E-state index contributed by atoms with van der Waals surface area (Å²) in [5.74, 6) is 5.56. The zero-order valence-corrected chi connectivity index (χ0v) is 10.6. The van der Waals surface area contributed by atoms with E-state index in [-0.39, 0.29) is 6.04 Å². The normalized spacial score (nSPS) is 12.4. The van der Waals surface area contributed by atoms with Gasteiger partial charge < -0.3 is 5.73 Å². The van der Waals surface area contributed by atoms with Gasteiger partial charge in [0.25, 0.3) is 0 Å². The monoisotopic (exact) mass is 293 g/mol. The minimum absolute atomic E-state index is 0.267. The number of nitrogen functional groups attached to an aromatic ring is 1. The van der Waals surface area contributed by atoms with Gasteiger partial charge in [-0.25, -0.2) is 5.43 Å². The summed E-state index contributed by atoms with van der Waals surface area (Å²) in [6.07, 6.45) is 5.04. The van der Waals surface area contributed by atoms with Crippen molar-refractivity contribution in [3.05, 3.63) is 52.5 Å². The van der Waals surface area contributed by atoms with Crippen LogP contribution in [0.3, 0.4) is 0 Å². The molecule has 0 aliphatic rings. The molecule has 2 aromatic rings. The number of aromatic nitrogens is 2. The van der Waals surface area contributed by atoms with Crippen LogP contribution in [0.2, 0.25) is 0 Å². The molecule has 6 heteroatoms. The first-order valence-electron chi connectivity index (χ1n) is 4.99. The fourth-order valence-corrected chi connectivity index (χ4v) is 1.79. The van der Waals surface area contributed by atoms with E-state index in [0.29, 0.717) is 5.69 Å². The molecule has 0 amide bonds. The molecule has 1 unspecified atom stereocenters. The Kier molecular flexibility index (Phi) is 3.68. The standard InChI is InChI=1S/C11H12BrN5/c12-7-1-2-10(16-5-7)11(17-14)8-6-15-4-3-9(8)13/h1-6,11,17H,14H2,(H2,13,15). The van der Waals surface area contributed by atoms with E-state index in [9.17, 15) is 0 Å². The van der Waals surface area contributed by atoms with Crippen molar-refractivity contribution >= 4 is 21.6 Å². The van der Waals surface area contributed by atoms with Crippen molar-refractivity contribution in [1.82, 2.24) is 15.4 Å². The van der Waals surface area contributed by atoms with E-state index in [1.807, 2.05) is 12.1 Å². The molecule has 2 aromatic heterocycles. The largest absolute Gasteiger partial charge is 0.398 e. The van der Waals surface area contributed by atoms with Crippen LogP contribution in [0.15, 0.2) is 41.3 Å². The van der Waals surface area contributed by atoms with Crippen LogP contribution in [0, 0.1) is 0 Å². The SMILES string of the molecule is NNC(c1ccc(Br)cn1)c1cnccc1N. The quantitative estimate of drug-likeness (QED) is 0.587. The Bertz CT molecular complexity index is 499. The molecule has 0 bridgehead atoms. The zero-order chi connectivity index (χ0) is 12.3. The molecule has 2 rings (SSSR count). The van der Waals surface area contributed by atoms with Crippen LogP contribution in [-0.4, -0.2) is 9.97 Å². The molecule has 0 radical (unpaired) electrons. The maximum absolute atomic E-state index is 5.89. The summed E-state index contributed by atoms with van der Waals surface area (Å²) in [5.41, 5.74) is 10.8. The number of nitrogens with two attached hydrogens (primary N) is 2. The van der Waals surface area contributed by atoms with E-state index in [1.165, 1.54) is 0 Å². The third kappa shape index (κ3) is 2.60. The van der Waals surface area contributed by atoms with Crippen LogP contribution in [0.5, 0.6) is 0 Å². The molecule has 0 saturated carbocycles. The summed E-state index contributed by atoms with van der Waals surface area (Å²) in [5, 5.41) is 0. The first-order valence-corrected chi connectivity index (χ1v) is 5.78. The lowest BCUT2D eigenvalue weighted by Gasteiger charge is -2.17. The molecular weight excluding hydrogens is 282 g/mol. The third-order valence-corrected chi connectivity index (χ3v) is 2.88. The van der Waals surface area contributed by atoms with Gasteiger partial charge in [-0.3, -0.25) is 15.8 Å². The van der Waals surface area contributed by atoms with Gasteiger partial charge >= 0.3 is 0 Å². The molecule has 0 fully saturated rings. The highest BCUT2D eigenvalue weighted by atomic mass is 79.9. The Hall–Kier alpha value is -1.50. The van der Waals surface area contributed by atoms with Gasteiger partial charge in [-0.1, -0.05) is 0 Å². The molecule has 0 aliphatic heterocycles. The van der Waals surface area contributed by atoms with Crippen molar-refractivity contribution in [1.29, 1.82) is 0 Å². The van der Waals surface area contributed by atoms with Crippen molar-refractivity contribution in [3.8, 4) is 0 Å². The predicted molar refractivity (Wildman–Crippen MR) is 69.8 cm³/mol. The Morgan fingerprint density at radius 3 is 2.65 bits per heavy atom. The van der Waals surface area contributed by atoms with Gasteiger partial charge in [0, 0.05) is 34.3 Å². The first-order chi connectivity index (χ1) is 8.22. The highest BCUT2D eigenvalue weighted by molar-refractivity contribution is 9.10. The Balaban J connectivity index is 2.40. The third-order valence-electron chi connectivity index (χ3n) is 2.41. The van der Waals surface area contributed by atoms with Gasteiger partial charge in [0.1, 0.15) is 0 Å². The minimum atomic E-state index is -0.267. The molecule has 0 aliphatic carbocycles. The number of halogens is 1. The molecular formula is C11H12BrN5. The van der Waals surface area contributed by atoms with Crippen LogP contribution in [0.25, 0.3) is 0 Å². The Labute approximate surface area is 107 Å². The lowest BCUT2D eigenvalue weighted by Crippen LogP contribution is -2.30. The number of nitrogens with zero attached hydrogens (tertiary/aromatic N) is 2. The maximum atomic E-state index is 5.89. The summed E-state index contributed by atoms with van der Waals surface area (Å²) in [4.78, 5) is 8.34. The fraction of sp³-hybridized carbons (Fsp3) is 0.0909. The second-order valence-electron chi connectivity index (χ2n) is 3.51. The number of hydrogen-bond donors (Lipinski definition) is 3. The molecule has 1 atom stereocenters. The molecule has 17 heavy (non-hydrogen) atoms. The summed E-state index contributed by atoms with van der Waals surface area (Å²) < 4.78 is 0.913. The summed E-state index contributed by atoms with van der Waals surface area (Å²) in [7, 11) is 0. The molecule has 5 N–H and O–H groups in total. The number of hydrazine groups is 1. The predicted octanol–water partition coefficient (Wildman–Crippen LogP) is 1.37. The molecule has 0 saturated heterocycles. The molecule has 2 heterocycles. The van der Waals surface area contributed by atoms with Crippen molar-refractivity contribution < 1.29 is 0 Å². The van der Waals surface area contributed by atoms with Crippen molar-refractivity contribution in [2.24, 2.45) is 5.84 Å². The average Bonchev–Trinajstić information content (AvgIpc) is 2.35. The van der Waals surface area contributed by atoms with E-state index in [1.54, 1.807) is 24.7 Å². The number of anilines is 1. The topological polar surface area (TPSA) is 89.8 Å². The van der Waals surface area contributed by atoms with Crippen molar-refractivity contribution in [3.63, 3.8) is 0 Å². The number of rotatable bonds is 3. The van der Waals surface area contributed by atoms with Gasteiger partial charge in [-0.2, -0.15) is 0 Å². The second-order valence-corrected chi connectivity index (χ2v) is 4.42. The van der Waals surface area contributed by atoms with Gasteiger partial charge in [-0.15, -0.1) is 0 Å². The van der Waals surface area contributed by atoms with Crippen LogP contribution in [0.1, 0.15) is 17.3 Å². The van der Waals surface area contributed by atoms with E-state index < -0.39 is 0 Å². The smallest absolute Gasteiger partial charge is 0.0916 e. The fourth-order valence-electron chi connectivity index (χ4n) is 1.55. The molecule has 0 aromatic carbocycles. The summed E-state index contributed by atoms with van der Waals surface area (Å²) in [6.45, 7) is 0. The van der Waals surface area contributed by atoms with Crippen molar-refractivity contribution in [2.45, 2.75) is 6.04 Å². The van der Waals surface area contributed by atoms with E-state index in [2.05, 4.69) is 31.3 Å². The Morgan fingerprint density at radius 1 is 1.24 bits per heavy atom. The van der Waals surface area contributed by atoms with Crippen LogP contribution < -0.4 is 17.0 Å². The summed E-state index contributed by atoms with van der Waals surface area (Å²) >= 11 is 3.34. The number of pyridine rings is 2. The molecule has 88 valence electrons. The minimum Gasteiger partial charge on any atom is -0.398 e. The number of nitrogens with one attached hydrogen (secondary N) is 1. The Morgan fingerprint density at radius 2 is 2.06 bits per heavy atom. The first kappa shape index (κ1) is 12.0. The van der Waals surface area contributed by atoms with Gasteiger partial charge in [-0.05, 0) is 34.1 Å². The highest BCUT2D eigenvalue weighted by Crippen LogP contribution is 2.24. The van der Waals surface area contributed by atoms with Crippen LogP contribution >= 0.6 is 15.9 Å². The molecule has 0 spiro atoms. The molecule has 5 nitrogen and oxygen atoms in total. The van der Waals surface area contributed by atoms with E-state index in [4.69, 9.17) is 11.6 Å². The van der Waals surface area contributed by atoms with Crippen molar-refractivity contribution in [2.75, 3.05) is 5.73 Å². The van der Waals surface area contributed by atoms with E-state index >= 15 is 0 Å². The van der Waals surface area contributed by atoms with Gasteiger partial charge in [0.15, 0.2) is 0 Å². The maximum Gasteiger partial charge on any atom is 0.0916 e. The van der Waals surface area contributed by atoms with Gasteiger partial charge in [0.2, 0.25) is 0 Å². The summed E-state index contributed by atoms with van der Waals surface area (Å²) in [6, 6.07) is 5.25. The average molecular weight is 294 g/mol. The zero-order valence-electron chi connectivity index (χ0n) is 8.97. The lowest BCUT2D eigenvalue weighted by atomic mass is 10.0. The highest BCUT2D eigenvalue weighted by Gasteiger charge is 2.16. The number of hydrogen-bond acceptors (Lipinski definition) is 5. The van der Waals surface area contributed by atoms with Gasteiger partial charge in [0.05, 0.1) is 11.7 Å². The van der Waals surface area contributed by atoms with Crippen LogP contribution in [-0.2, 0) is 0 Å². The second kappa shape index (κ2) is 5.22.